The van der Waals surface area contributed by atoms with Gasteiger partial charge >= 0.3 is 19.2 Å². The van der Waals surface area contributed by atoms with Crippen molar-refractivity contribution < 1.29 is 28.4 Å². The Morgan fingerprint density at radius 1 is 1.21 bits per heavy atom. The number of alkyl carbamates (subject to hydrolysis) is 1. The van der Waals surface area contributed by atoms with E-state index in [-0.39, 0.29) is 6.42 Å². The number of carbonyl (C=O) groups is 2. The lowest BCUT2D eigenvalue weighted by Crippen LogP contribution is -2.45. The molecule has 0 bridgehead atoms. The maximum absolute atomic E-state index is 12.1. The highest BCUT2D eigenvalue weighted by molar-refractivity contribution is 7.20. The molecule has 156 valence electrons. The van der Waals surface area contributed by atoms with Gasteiger partial charge in [-0.15, -0.1) is 0 Å². The third-order valence-corrected chi connectivity index (χ3v) is 5.78. The molecule has 1 amide bonds. The standard InChI is InChI=1S/C19H30BNO6S/c1-17(2,3)25-16(23)21-13(15(22)24-8)9-12-10-14(28-11-12)20-26-18(4,5)19(6,7)27-20/h10-11,13H,9H2,1-8H3,(H,21,23)/t13-/m0/s1. The molecule has 2 heterocycles. The zero-order valence-electron chi connectivity index (χ0n) is 17.9. The zero-order chi connectivity index (χ0) is 21.3. The van der Waals surface area contributed by atoms with Crippen LogP contribution in [0.1, 0.15) is 54.0 Å². The van der Waals surface area contributed by atoms with E-state index in [0.717, 1.165) is 10.3 Å². The number of thiophene rings is 1. The number of nitrogens with one attached hydrogen (secondary N) is 1. The second-order valence-electron chi connectivity index (χ2n) is 8.87. The molecule has 28 heavy (non-hydrogen) atoms. The summed E-state index contributed by atoms with van der Waals surface area (Å²) in [4.78, 5) is 24.2. The van der Waals surface area contributed by atoms with Gasteiger partial charge in [0.1, 0.15) is 11.6 Å². The van der Waals surface area contributed by atoms with Crippen LogP contribution in [0.15, 0.2) is 11.4 Å². The summed E-state index contributed by atoms with van der Waals surface area (Å²) < 4.78 is 23.1. The summed E-state index contributed by atoms with van der Waals surface area (Å²) in [5.41, 5.74) is -0.624. The van der Waals surface area contributed by atoms with E-state index < -0.39 is 42.0 Å². The molecule has 1 aromatic rings. The summed E-state index contributed by atoms with van der Waals surface area (Å²) in [5, 5.41) is 4.51. The molecule has 1 N–H and O–H groups in total. The summed E-state index contributed by atoms with van der Waals surface area (Å²) in [6.45, 7) is 13.3. The van der Waals surface area contributed by atoms with Gasteiger partial charge in [0.05, 0.1) is 18.3 Å². The molecule has 0 aliphatic carbocycles. The molecule has 0 saturated carbocycles. The Morgan fingerprint density at radius 3 is 2.29 bits per heavy atom. The first-order chi connectivity index (χ1) is 12.7. The fourth-order valence-electron chi connectivity index (χ4n) is 2.61. The first-order valence-corrected chi connectivity index (χ1v) is 10.1. The third kappa shape index (κ3) is 5.49. The number of amides is 1. The van der Waals surface area contributed by atoms with Gasteiger partial charge in [-0.1, -0.05) is 0 Å². The van der Waals surface area contributed by atoms with E-state index in [2.05, 4.69) is 5.32 Å². The molecule has 1 aliphatic heterocycles. The quantitative estimate of drug-likeness (QED) is 0.593. The van der Waals surface area contributed by atoms with Gasteiger partial charge < -0.3 is 24.1 Å². The van der Waals surface area contributed by atoms with Crippen LogP contribution in [-0.4, -0.2) is 49.1 Å². The molecule has 2 rings (SSSR count). The van der Waals surface area contributed by atoms with E-state index in [0.29, 0.717) is 0 Å². The van der Waals surface area contributed by atoms with Crippen LogP contribution in [0.25, 0.3) is 0 Å². The van der Waals surface area contributed by atoms with E-state index in [4.69, 9.17) is 18.8 Å². The van der Waals surface area contributed by atoms with Crippen molar-refractivity contribution in [2.75, 3.05) is 7.11 Å². The van der Waals surface area contributed by atoms with Crippen LogP contribution in [0.2, 0.25) is 0 Å². The Bertz CT molecular complexity index is 708. The van der Waals surface area contributed by atoms with Gasteiger partial charge in [0, 0.05) is 11.2 Å². The van der Waals surface area contributed by atoms with E-state index in [1.165, 1.54) is 18.4 Å². The summed E-state index contributed by atoms with van der Waals surface area (Å²) >= 11 is 1.49. The van der Waals surface area contributed by atoms with Crippen LogP contribution in [0.5, 0.6) is 0 Å². The van der Waals surface area contributed by atoms with Gasteiger partial charge in [-0.3, -0.25) is 0 Å². The monoisotopic (exact) mass is 411 g/mol. The van der Waals surface area contributed by atoms with Crippen LogP contribution < -0.4 is 10.1 Å². The third-order valence-electron chi connectivity index (χ3n) is 4.78. The molecule has 1 saturated heterocycles. The second kappa shape index (κ2) is 8.04. The maximum atomic E-state index is 12.1. The summed E-state index contributed by atoms with van der Waals surface area (Å²) in [6.07, 6.45) is -0.383. The van der Waals surface area contributed by atoms with E-state index >= 15 is 0 Å². The SMILES string of the molecule is COC(=O)[C@H](Cc1csc(B2OC(C)(C)C(C)(C)O2)c1)NC(=O)OC(C)(C)C. The fourth-order valence-corrected chi connectivity index (χ4v) is 3.48. The molecule has 0 spiro atoms. The minimum Gasteiger partial charge on any atom is -0.467 e. The number of hydrogen-bond acceptors (Lipinski definition) is 7. The molecule has 0 radical (unpaired) electrons. The van der Waals surface area contributed by atoms with Crippen LogP contribution in [0, 0.1) is 0 Å². The molecule has 1 atom stereocenters. The minimum absolute atomic E-state index is 0.280. The van der Waals surface area contributed by atoms with Gasteiger partial charge in [-0.05, 0) is 65.5 Å². The largest absolute Gasteiger partial charge is 0.505 e. The van der Waals surface area contributed by atoms with Gasteiger partial charge in [0.2, 0.25) is 0 Å². The van der Waals surface area contributed by atoms with Crippen LogP contribution >= 0.6 is 11.3 Å². The molecule has 9 heteroatoms. The minimum atomic E-state index is -0.847. The average molecular weight is 411 g/mol. The zero-order valence-corrected chi connectivity index (χ0v) is 18.7. The molecular formula is C19H30BNO6S. The number of esters is 1. The first-order valence-electron chi connectivity index (χ1n) is 9.24. The number of rotatable bonds is 5. The highest BCUT2D eigenvalue weighted by Gasteiger charge is 2.52. The Balaban J connectivity index is 2.08. The molecule has 0 unspecified atom stereocenters. The highest BCUT2D eigenvalue weighted by atomic mass is 32.1. The van der Waals surface area contributed by atoms with Gasteiger partial charge in [-0.2, -0.15) is 11.3 Å². The van der Waals surface area contributed by atoms with Crippen molar-refractivity contribution >= 4 is 35.3 Å². The topological polar surface area (TPSA) is 83.1 Å². The number of ether oxygens (including phenoxy) is 2. The van der Waals surface area contributed by atoms with E-state index in [9.17, 15) is 9.59 Å². The Morgan fingerprint density at radius 2 is 1.79 bits per heavy atom. The van der Waals surface area contributed by atoms with Gasteiger partial charge in [-0.25, -0.2) is 9.59 Å². The van der Waals surface area contributed by atoms with Gasteiger partial charge in [0.15, 0.2) is 0 Å². The van der Waals surface area contributed by atoms with Gasteiger partial charge in [0.25, 0.3) is 0 Å². The molecule has 7 nitrogen and oxygen atoms in total. The van der Waals surface area contributed by atoms with Crippen LogP contribution in [0.4, 0.5) is 4.79 Å². The van der Waals surface area contributed by atoms with Crippen molar-refractivity contribution in [3.63, 3.8) is 0 Å². The number of methoxy groups -OCH3 is 1. The molecule has 0 aromatic carbocycles. The molecule has 1 aliphatic rings. The Labute approximate surface area is 171 Å². The Kier molecular flexibility index (Phi) is 6.52. The predicted molar refractivity (Wildman–Crippen MR) is 109 cm³/mol. The summed E-state index contributed by atoms with van der Waals surface area (Å²) in [7, 11) is 0.828. The second-order valence-corrected chi connectivity index (χ2v) is 9.81. The lowest BCUT2D eigenvalue weighted by atomic mass is 9.87. The Hall–Kier alpha value is -1.58. The van der Waals surface area contributed by atoms with Crippen molar-refractivity contribution in [3.8, 4) is 0 Å². The van der Waals surface area contributed by atoms with Crippen molar-refractivity contribution in [3.05, 3.63) is 17.0 Å². The van der Waals surface area contributed by atoms with Crippen LogP contribution in [0.3, 0.4) is 0 Å². The summed E-state index contributed by atoms with van der Waals surface area (Å²) in [6, 6.07) is 1.08. The first kappa shape index (κ1) is 22.7. The molecule has 1 fully saturated rings. The van der Waals surface area contributed by atoms with E-state index in [1.807, 2.05) is 39.1 Å². The van der Waals surface area contributed by atoms with Crippen LogP contribution in [-0.2, 0) is 30.0 Å². The normalized spacial score (nSPS) is 19.2. The molecular weight excluding hydrogens is 381 g/mol. The van der Waals surface area contributed by atoms with Crippen molar-refractivity contribution in [1.29, 1.82) is 0 Å². The lowest BCUT2D eigenvalue weighted by Gasteiger charge is -2.32. The van der Waals surface area contributed by atoms with Crippen molar-refractivity contribution in [2.24, 2.45) is 0 Å². The number of carbonyl (C=O) groups excluding carboxylic acids is 2. The maximum Gasteiger partial charge on any atom is 0.505 e. The lowest BCUT2D eigenvalue weighted by molar-refractivity contribution is -0.143. The summed E-state index contributed by atoms with van der Waals surface area (Å²) in [5.74, 6) is -0.533. The highest BCUT2D eigenvalue weighted by Crippen LogP contribution is 2.36. The fraction of sp³-hybridized carbons (Fsp3) is 0.684. The predicted octanol–water partition coefficient (Wildman–Crippen LogP) is 2.66. The van der Waals surface area contributed by atoms with Crippen molar-refractivity contribution in [1.82, 2.24) is 5.32 Å². The number of hydrogen-bond donors (Lipinski definition) is 1. The van der Waals surface area contributed by atoms with E-state index in [1.54, 1.807) is 20.8 Å². The van der Waals surface area contributed by atoms with Crippen molar-refractivity contribution in [2.45, 2.75) is 77.7 Å². The smallest absolute Gasteiger partial charge is 0.467 e. The average Bonchev–Trinajstić information content (AvgIpc) is 3.06. The molecule has 1 aromatic heterocycles.